The van der Waals surface area contributed by atoms with E-state index in [4.69, 9.17) is 9.47 Å². The van der Waals surface area contributed by atoms with Crippen molar-refractivity contribution in [1.82, 2.24) is 10.2 Å². The molecule has 2 fully saturated rings. The van der Waals surface area contributed by atoms with Crippen LogP contribution in [-0.4, -0.2) is 63.0 Å². The maximum absolute atomic E-state index is 5.77. The number of rotatable bonds is 10. The molecule has 4 heteroatoms. The van der Waals surface area contributed by atoms with E-state index in [1.54, 1.807) is 7.11 Å². The van der Waals surface area contributed by atoms with Crippen molar-refractivity contribution < 1.29 is 9.47 Å². The second-order valence-corrected chi connectivity index (χ2v) is 6.94. The lowest BCUT2D eigenvalue weighted by atomic mass is 9.90. The van der Waals surface area contributed by atoms with E-state index >= 15 is 0 Å². The van der Waals surface area contributed by atoms with Crippen LogP contribution in [-0.2, 0) is 9.47 Å². The highest BCUT2D eigenvalue weighted by Gasteiger charge is 2.45. The molecular formula is C17H34N2O2. The first kappa shape index (κ1) is 17.2. The molecule has 21 heavy (non-hydrogen) atoms. The smallest absolute Gasteiger partial charge is 0.0593 e. The van der Waals surface area contributed by atoms with Crippen molar-refractivity contribution in [2.75, 3.05) is 46.6 Å². The van der Waals surface area contributed by atoms with Gasteiger partial charge in [0.15, 0.2) is 0 Å². The number of ether oxygens (including phenoxy) is 2. The van der Waals surface area contributed by atoms with E-state index in [2.05, 4.69) is 24.1 Å². The van der Waals surface area contributed by atoms with Crippen LogP contribution in [0, 0.1) is 5.92 Å². The van der Waals surface area contributed by atoms with E-state index in [0.717, 1.165) is 45.2 Å². The van der Waals surface area contributed by atoms with Crippen LogP contribution in [0.2, 0.25) is 0 Å². The van der Waals surface area contributed by atoms with Gasteiger partial charge in [-0.15, -0.1) is 0 Å². The molecule has 2 aliphatic rings. The molecule has 0 radical (unpaired) electrons. The Balaban J connectivity index is 1.74. The summed E-state index contributed by atoms with van der Waals surface area (Å²) in [6, 6.07) is 0.685. The zero-order valence-corrected chi connectivity index (χ0v) is 14.2. The average molecular weight is 298 g/mol. The van der Waals surface area contributed by atoms with E-state index < -0.39 is 0 Å². The number of hydrogen-bond acceptors (Lipinski definition) is 4. The maximum Gasteiger partial charge on any atom is 0.0593 e. The monoisotopic (exact) mass is 298 g/mol. The molecule has 0 amide bonds. The van der Waals surface area contributed by atoms with Crippen LogP contribution < -0.4 is 5.32 Å². The first-order valence-electron chi connectivity index (χ1n) is 8.75. The molecule has 124 valence electrons. The van der Waals surface area contributed by atoms with Gasteiger partial charge in [-0.2, -0.15) is 0 Å². The number of nitrogens with zero attached hydrogens (tertiary/aromatic N) is 1. The predicted molar refractivity (Wildman–Crippen MR) is 86.7 cm³/mol. The Bertz CT molecular complexity index is 297. The highest BCUT2D eigenvalue weighted by atomic mass is 16.5. The highest BCUT2D eigenvalue weighted by molar-refractivity contribution is 5.04. The van der Waals surface area contributed by atoms with Crippen molar-refractivity contribution in [2.24, 2.45) is 5.92 Å². The molecule has 4 nitrogen and oxygen atoms in total. The third-order valence-electron chi connectivity index (χ3n) is 5.05. The molecule has 2 atom stereocenters. The Morgan fingerprint density at radius 3 is 2.71 bits per heavy atom. The molecule has 1 heterocycles. The largest absolute Gasteiger partial charge is 0.385 e. The molecule has 0 aromatic heterocycles. The fourth-order valence-corrected chi connectivity index (χ4v) is 3.55. The van der Waals surface area contributed by atoms with Gasteiger partial charge in [0.2, 0.25) is 0 Å². The van der Waals surface area contributed by atoms with Gasteiger partial charge in [0.25, 0.3) is 0 Å². The molecule has 1 aliphatic heterocycles. The third kappa shape index (κ3) is 5.20. The van der Waals surface area contributed by atoms with Gasteiger partial charge in [0.05, 0.1) is 6.61 Å². The van der Waals surface area contributed by atoms with Gasteiger partial charge in [-0.05, 0) is 38.5 Å². The van der Waals surface area contributed by atoms with Crippen molar-refractivity contribution in [1.29, 1.82) is 0 Å². The lowest BCUT2D eigenvalue weighted by molar-refractivity contribution is 0.0313. The summed E-state index contributed by atoms with van der Waals surface area (Å²) in [7, 11) is 1.74. The van der Waals surface area contributed by atoms with Gasteiger partial charge in [-0.3, -0.25) is 4.90 Å². The van der Waals surface area contributed by atoms with Crippen LogP contribution in [0.25, 0.3) is 0 Å². The van der Waals surface area contributed by atoms with Crippen molar-refractivity contribution in [2.45, 2.75) is 57.5 Å². The fourth-order valence-electron chi connectivity index (χ4n) is 3.55. The Hall–Kier alpha value is -0.160. The van der Waals surface area contributed by atoms with Crippen LogP contribution >= 0.6 is 0 Å². The van der Waals surface area contributed by atoms with E-state index in [9.17, 15) is 0 Å². The van der Waals surface area contributed by atoms with E-state index in [0.29, 0.717) is 11.6 Å². The van der Waals surface area contributed by atoms with Gasteiger partial charge >= 0.3 is 0 Å². The molecular weight excluding hydrogens is 264 g/mol. The van der Waals surface area contributed by atoms with Gasteiger partial charge in [-0.25, -0.2) is 0 Å². The van der Waals surface area contributed by atoms with Crippen LogP contribution in [0.15, 0.2) is 0 Å². The Morgan fingerprint density at radius 2 is 2.05 bits per heavy atom. The molecule has 1 aliphatic carbocycles. The van der Waals surface area contributed by atoms with Crippen LogP contribution in [0.5, 0.6) is 0 Å². The normalized spacial score (nSPS) is 30.7. The summed E-state index contributed by atoms with van der Waals surface area (Å²) >= 11 is 0. The molecule has 1 saturated carbocycles. The second kappa shape index (κ2) is 8.47. The summed E-state index contributed by atoms with van der Waals surface area (Å²) in [5, 5.41) is 3.84. The fraction of sp³-hybridized carbons (Fsp3) is 1.00. The topological polar surface area (TPSA) is 33.7 Å². The summed E-state index contributed by atoms with van der Waals surface area (Å²) in [5.74, 6) is 0.894. The minimum Gasteiger partial charge on any atom is -0.385 e. The molecule has 0 aromatic carbocycles. The summed E-state index contributed by atoms with van der Waals surface area (Å²) in [6.07, 6.45) is 6.36. The molecule has 2 rings (SSSR count). The first-order chi connectivity index (χ1) is 10.2. The molecule has 1 saturated heterocycles. The summed E-state index contributed by atoms with van der Waals surface area (Å²) < 4.78 is 10.8. The lowest BCUT2D eigenvalue weighted by Gasteiger charge is -2.47. The van der Waals surface area contributed by atoms with Crippen LogP contribution in [0.4, 0.5) is 0 Å². The van der Waals surface area contributed by atoms with Crippen LogP contribution in [0.3, 0.4) is 0 Å². The number of nitrogens with one attached hydrogen (secondary N) is 1. The maximum atomic E-state index is 5.77. The molecule has 0 bridgehead atoms. The minimum absolute atomic E-state index is 0.334. The zero-order valence-electron chi connectivity index (χ0n) is 14.2. The molecule has 2 unspecified atom stereocenters. The third-order valence-corrected chi connectivity index (χ3v) is 5.05. The standard InChI is InChI=1S/C17H34N2O2/c1-4-6-16-13-18-17(2,15-7-8-15)14-19(16)9-12-21-11-5-10-20-3/h15-16,18H,4-14H2,1-3H3. The summed E-state index contributed by atoms with van der Waals surface area (Å²) in [4.78, 5) is 2.68. The van der Waals surface area contributed by atoms with E-state index in [1.807, 2.05) is 0 Å². The lowest BCUT2D eigenvalue weighted by Crippen LogP contribution is -2.64. The average Bonchev–Trinajstić information content (AvgIpc) is 3.31. The summed E-state index contributed by atoms with van der Waals surface area (Å²) in [5.41, 5.74) is 0.334. The Kier molecular flexibility index (Phi) is 6.93. The van der Waals surface area contributed by atoms with Gasteiger partial charge in [0.1, 0.15) is 0 Å². The molecule has 0 aromatic rings. The van der Waals surface area contributed by atoms with Crippen molar-refractivity contribution in [3.05, 3.63) is 0 Å². The minimum atomic E-state index is 0.334. The molecule has 1 N–H and O–H groups in total. The van der Waals surface area contributed by atoms with Crippen molar-refractivity contribution in [3.8, 4) is 0 Å². The SMILES string of the molecule is CCCC1CNC(C)(C2CC2)CN1CCOCCCOC. The second-order valence-electron chi connectivity index (χ2n) is 6.94. The van der Waals surface area contributed by atoms with E-state index in [1.165, 1.54) is 32.2 Å². The van der Waals surface area contributed by atoms with E-state index in [-0.39, 0.29) is 0 Å². The number of methoxy groups -OCH3 is 1. The zero-order chi connectivity index (χ0) is 15.1. The van der Waals surface area contributed by atoms with Crippen molar-refractivity contribution in [3.63, 3.8) is 0 Å². The predicted octanol–water partition coefficient (Wildman–Crippen LogP) is 2.28. The van der Waals surface area contributed by atoms with Crippen LogP contribution in [0.1, 0.15) is 46.0 Å². The summed E-state index contributed by atoms with van der Waals surface area (Å²) in [6.45, 7) is 10.6. The Morgan fingerprint density at radius 1 is 1.24 bits per heavy atom. The van der Waals surface area contributed by atoms with Gasteiger partial charge in [0, 0.05) is 51.5 Å². The quantitative estimate of drug-likeness (QED) is 0.627. The molecule has 0 spiro atoms. The first-order valence-corrected chi connectivity index (χ1v) is 8.75. The van der Waals surface area contributed by atoms with Gasteiger partial charge < -0.3 is 14.8 Å². The highest BCUT2D eigenvalue weighted by Crippen LogP contribution is 2.41. The number of piperazine rings is 1. The van der Waals surface area contributed by atoms with Crippen molar-refractivity contribution >= 4 is 0 Å². The van der Waals surface area contributed by atoms with Gasteiger partial charge in [-0.1, -0.05) is 13.3 Å². The Labute approximate surface area is 130 Å². The number of hydrogen-bond donors (Lipinski definition) is 1.